The molecule has 0 aliphatic heterocycles. The van der Waals surface area contributed by atoms with Crippen LogP contribution < -0.4 is 5.32 Å². The van der Waals surface area contributed by atoms with Crippen LogP contribution in [0.15, 0.2) is 53.8 Å². The van der Waals surface area contributed by atoms with Gasteiger partial charge in [-0.05, 0) is 30.5 Å². The quantitative estimate of drug-likeness (QED) is 0.622. The number of carbonyl (C=O) groups is 2. The summed E-state index contributed by atoms with van der Waals surface area (Å²) >= 11 is 1.30. The van der Waals surface area contributed by atoms with Crippen LogP contribution in [0.3, 0.4) is 0 Å². The predicted molar refractivity (Wildman–Crippen MR) is 106 cm³/mol. The van der Waals surface area contributed by atoms with E-state index in [4.69, 9.17) is 0 Å². The van der Waals surface area contributed by atoms with E-state index in [-0.39, 0.29) is 11.7 Å². The molecule has 0 bridgehead atoms. The minimum Gasteiger partial charge on any atom is -0.347 e. The first kappa shape index (κ1) is 18.5. The van der Waals surface area contributed by atoms with Crippen molar-refractivity contribution >= 4 is 23.6 Å². The van der Waals surface area contributed by atoms with E-state index in [1.807, 2.05) is 18.2 Å². The maximum absolute atomic E-state index is 12.2. The third-order valence-corrected chi connectivity index (χ3v) is 5.60. The first-order chi connectivity index (χ1) is 13.6. The van der Waals surface area contributed by atoms with Crippen molar-refractivity contribution in [1.29, 1.82) is 0 Å². The van der Waals surface area contributed by atoms with E-state index in [9.17, 15) is 9.59 Å². The Hall–Kier alpha value is -2.87. The van der Waals surface area contributed by atoms with E-state index < -0.39 is 5.91 Å². The molecule has 2 heterocycles. The zero-order chi connectivity index (χ0) is 19.5. The van der Waals surface area contributed by atoms with Gasteiger partial charge in [0.1, 0.15) is 11.5 Å². The number of benzene rings is 1. The van der Waals surface area contributed by atoms with Crippen LogP contribution in [0.2, 0.25) is 0 Å². The van der Waals surface area contributed by atoms with Crippen molar-refractivity contribution in [3.8, 4) is 0 Å². The van der Waals surface area contributed by atoms with Crippen molar-refractivity contribution in [3.05, 3.63) is 65.7 Å². The number of hydrogen-bond acceptors (Lipinski definition) is 5. The normalized spacial score (nSPS) is 13.5. The molecular weight excluding hydrogens is 374 g/mol. The minimum absolute atomic E-state index is 0.105. The highest BCUT2D eigenvalue weighted by atomic mass is 32.2. The number of hydrogen-bond donors (Lipinski definition) is 1. The molecule has 0 spiro atoms. The molecule has 1 N–H and O–H groups in total. The van der Waals surface area contributed by atoms with Crippen LogP contribution in [0.5, 0.6) is 0 Å². The van der Waals surface area contributed by atoms with Gasteiger partial charge in [-0.25, -0.2) is 0 Å². The fraction of sp³-hybridized carbons (Fsp3) is 0.300. The van der Waals surface area contributed by atoms with Gasteiger partial charge in [0, 0.05) is 19.2 Å². The number of rotatable bonds is 7. The van der Waals surface area contributed by atoms with E-state index >= 15 is 0 Å². The molecule has 1 aliphatic carbocycles. The first-order valence-corrected chi connectivity index (χ1v) is 10.2. The standard InChI is InChI=1S/C20H21N5O2S/c1-24-11-5-8-16(24)19(27)21-17(26)13-28-20-23-22-18(15-9-10-15)25(20)12-14-6-3-2-4-7-14/h2-8,11,15H,9-10,12-13H2,1H3,(H,21,26,27). The van der Waals surface area contributed by atoms with Gasteiger partial charge in [-0.3, -0.25) is 14.9 Å². The maximum atomic E-state index is 12.2. The zero-order valence-electron chi connectivity index (χ0n) is 15.5. The Morgan fingerprint density at radius 2 is 1.93 bits per heavy atom. The highest BCUT2D eigenvalue weighted by molar-refractivity contribution is 7.99. The molecule has 0 atom stereocenters. The molecular formula is C20H21N5O2S. The fourth-order valence-electron chi connectivity index (χ4n) is 3.02. The van der Waals surface area contributed by atoms with Crippen LogP contribution in [0, 0.1) is 0 Å². The second kappa shape index (κ2) is 8.02. The van der Waals surface area contributed by atoms with Crippen LogP contribution in [0.4, 0.5) is 0 Å². The lowest BCUT2D eigenvalue weighted by Crippen LogP contribution is -2.33. The van der Waals surface area contributed by atoms with Gasteiger partial charge in [-0.15, -0.1) is 10.2 Å². The van der Waals surface area contributed by atoms with Gasteiger partial charge in [0.05, 0.1) is 12.3 Å². The molecule has 8 heteroatoms. The fourth-order valence-corrected chi connectivity index (χ4v) is 3.76. The van der Waals surface area contributed by atoms with E-state index in [0.717, 1.165) is 24.2 Å². The van der Waals surface area contributed by atoms with Crippen molar-refractivity contribution in [2.24, 2.45) is 7.05 Å². The molecule has 7 nitrogen and oxygen atoms in total. The summed E-state index contributed by atoms with van der Waals surface area (Å²) in [6.45, 7) is 0.673. The molecule has 144 valence electrons. The lowest BCUT2D eigenvalue weighted by molar-refractivity contribution is -0.117. The van der Waals surface area contributed by atoms with Crippen molar-refractivity contribution in [2.75, 3.05) is 5.75 Å². The van der Waals surface area contributed by atoms with E-state index in [0.29, 0.717) is 23.3 Å². The molecule has 0 radical (unpaired) electrons. The largest absolute Gasteiger partial charge is 0.347 e. The van der Waals surface area contributed by atoms with Crippen LogP contribution >= 0.6 is 11.8 Å². The number of amides is 2. The molecule has 1 aliphatic rings. The van der Waals surface area contributed by atoms with Gasteiger partial charge >= 0.3 is 0 Å². The Bertz CT molecular complexity index is 991. The summed E-state index contributed by atoms with van der Waals surface area (Å²) in [6, 6.07) is 13.6. The molecule has 3 aromatic rings. The molecule has 0 unspecified atom stereocenters. The number of carbonyl (C=O) groups excluding carboxylic acids is 2. The minimum atomic E-state index is -0.400. The SMILES string of the molecule is Cn1cccc1C(=O)NC(=O)CSc1nnc(C2CC2)n1Cc1ccccc1. The van der Waals surface area contributed by atoms with E-state index in [1.54, 1.807) is 29.9 Å². The first-order valence-electron chi connectivity index (χ1n) is 9.17. The number of imide groups is 1. The highest BCUT2D eigenvalue weighted by Gasteiger charge is 2.30. The average Bonchev–Trinajstić information content (AvgIpc) is 3.32. The molecule has 4 rings (SSSR count). The summed E-state index contributed by atoms with van der Waals surface area (Å²) in [6.07, 6.45) is 4.02. The average molecular weight is 395 g/mol. The van der Waals surface area contributed by atoms with E-state index in [1.165, 1.54) is 11.8 Å². The lowest BCUT2D eigenvalue weighted by atomic mass is 10.2. The predicted octanol–water partition coefficient (Wildman–Crippen LogP) is 2.59. The van der Waals surface area contributed by atoms with Gasteiger partial charge in [-0.2, -0.15) is 0 Å². The second-order valence-electron chi connectivity index (χ2n) is 6.86. The lowest BCUT2D eigenvalue weighted by Gasteiger charge is -2.10. The second-order valence-corrected chi connectivity index (χ2v) is 7.80. The molecule has 2 amide bonds. The Labute approximate surface area is 167 Å². The van der Waals surface area contributed by atoms with Crippen LogP contribution in [0.25, 0.3) is 0 Å². The molecule has 2 aromatic heterocycles. The van der Waals surface area contributed by atoms with Gasteiger partial charge < -0.3 is 9.13 Å². The molecule has 1 fully saturated rings. The number of nitrogens with zero attached hydrogens (tertiary/aromatic N) is 4. The molecule has 0 saturated heterocycles. The molecule has 1 saturated carbocycles. The van der Waals surface area contributed by atoms with Gasteiger partial charge in [0.15, 0.2) is 5.16 Å². The zero-order valence-corrected chi connectivity index (χ0v) is 16.4. The molecule has 1 aromatic carbocycles. The van der Waals surface area contributed by atoms with E-state index in [2.05, 4.69) is 32.2 Å². The number of nitrogens with one attached hydrogen (secondary N) is 1. The summed E-state index contributed by atoms with van der Waals surface area (Å²) in [5.74, 6) is 0.791. The topological polar surface area (TPSA) is 81.8 Å². The smallest absolute Gasteiger partial charge is 0.274 e. The summed E-state index contributed by atoms with van der Waals surface area (Å²) in [5, 5.41) is 11.8. The maximum Gasteiger partial charge on any atom is 0.274 e. The monoisotopic (exact) mass is 395 g/mol. The van der Waals surface area contributed by atoms with Gasteiger partial charge in [0.2, 0.25) is 5.91 Å². The van der Waals surface area contributed by atoms with Crippen molar-refractivity contribution in [1.82, 2.24) is 24.6 Å². The molecule has 28 heavy (non-hydrogen) atoms. The van der Waals surface area contributed by atoms with Crippen molar-refractivity contribution < 1.29 is 9.59 Å². The Morgan fingerprint density at radius 1 is 1.14 bits per heavy atom. The third-order valence-electron chi connectivity index (χ3n) is 4.63. The van der Waals surface area contributed by atoms with Crippen molar-refractivity contribution in [2.45, 2.75) is 30.5 Å². The Morgan fingerprint density at radius 3 is 2.61 bits per heavy atom. The van der Waals surface area contributed by atoms with Crippen LogP contribution in [0.1, 0.15) is 40.6 Å². The third kappa shape index (κ3) is 4.17. The van der Waals surface area contributed by atoms with Crippen LogP contribution in [-0.2, 0) is 18.4 Å². The van der Waals surface area contributed by atoms with Gasteiger partial charge in [0.25, 0.3) is 5.91 Å². The summed E-state index contributed by atoms with van der Waals surface area (Å²) in [5.41, 5.74) is 1.61. The number of aromatic nitrogens is 4. The van der Waals surface area contributed by atoms with Gasteiger partial charge in [-0.1, -0.05) is 42.1 Å². The highest BCUT2D eigenvalue weighted by Crippen LogP contribution is 2.40. The Kier molecular flexibility index (Phi) is 5.29. The number of aryl methyl sites for hydroxylation is 1. The number of thioether (sulfide) groups is 1. The Balaban J connectivity index is 1.42. The summed E-state index contributed by atoms with van der Waals surface area (Å²) in [7, 11) is 1.76. The summed E-state index contributed by atoms with van der Waals surface area (Å²) < 4.78 is 3.76. The van der Waals surface area contributed by atoms with Crippen LogP contribution in [-0.4, -0.2) is 36.9 Å². The summed E-state index contributed by atoms with van der Waals surface area (Å²) in [4.78, 5) is 24.4. The van der Waals surface area contributed by atoms with Crippen molar-refractivity contribution in [3.63, 3.8) is 0 Å².